The van der Waals surface area contributed by atoms with Gasteiger partial charge in [0.25, 0.3) is 0 Å². The van der Waals surface area contributed by atoms with Crippen LogP contribution < -0.4 is 5.32 Å². The zero-order valence-corrected chi connectivity index (χ0v) is 12.4. The van der Waals surface area contributed by atoms with Crippen LogP contribution >= 0.6 is 0 Å². The lowest BCUT2D eigenvalue weighted by Gasteiger charge is -2.33. The van der Waals surface area contributed by atoms with Crippen molar-refractivity contribution in [1.82, 2.24) is 5.32 Å². The summed E-state index contributed by atoms with van der Waals surface area (Å²) < 4.78 is 5.99. The Morgan fingerprint density at radius 3 is 2.67 bits per heavy atom. The SMILES string of the molecule is CCCNCC(C)(O)COC1CCCCC1CC. The Hall–Kier alpha value is -0.120. The van der Waals surface area contributed by atoms with Crippen molar-refractivity contribution in [3.8, 4) is 0 Å². The van der Waals surface area contributed by atoms with Crippen LogP contribution in [-0.2, 0) is 4.74 Å². The van der Waals surface area contributed by atoms with Crippen LogP contribution in [0.1, 0.15) is 59.3 Å². The zero-order valence-electron chi connectivity index (χ0n) is 12.4. The first-order valence-electron chi connectivity index (χ1n) is 7.63. The highest BCUT2D eigenvalue weighted by Crippen LogP contribution is 2.29. The summed E-state index contributed by atoms with van der Waals surface area (Å²) in [5, 5.41) is 13.5. The molecule has 1 aliphatic carbocycles. The lowest BCUT2D eigenvalue weighted by molar-refractivity contribution is -0.0878. The number of aliphatic hydroxyl groups is 1. The number of nitrogens with one attached hydrogen (secondary N) is 1. The Kier molecular flexibility index (Phi) is 7.20. The summed E-state index contributed by atoms with van der Waals surface area (Å²) in [5.41, 5.74) is -0.745. The molecule has 2 N–H and O–H groups in total. The standard InChI is InChI=1S/C15H31NO2/c1-4-10-16-11-15(3,17)12-18-14-9-7-6-8-13(14)5-2/h13-14,16-17H,4-12H2,1-3H3. The minimum absolute atomic E-state index is 0.362. The molecule has 0 spiro atoms. The van der Waals surface area contributed by atoms with Gasteiger partial charge in [-0.25, -0.2) is 0 Å². The molecule has 0 aromatic rings. The van der Waals surface area contributed by atoms with Crippen LogP contribution in [0, 0.1) is 5.92 Å². The van der Waals surface area contributed by atoms with Crippen molar-refractivity contribution < 1.29 is 9.84 Å². The third-order valence-electron chi connectivity index (χ3n) is 3.90. The molecule has 1 rings (SSSR count). The molecule has 3 unspecified atom stereocenters. The molecular weight excluding hydrogens is 226 g/mol. The molecule has 1 saturated carbocycles. The van der Waals surface area contributed by atoms with E-state index in [1.54, 1.807) is 0 Å². The van der Waals surface area contributed by atoms with E-state index in [-0.39, 0.29) is 0 Å². The molecule has 0 radical (unpaired) electrons. The smallest absolute Gasteiger partial charge is 0.0975 e. The fourth-order valence-corrected chi connectivity index (χ4v) is 2.73. The summed E-state index contributed by atoms with van der Waals surface area (Å²) in [5.74, 6) is 0.693. The normalized spacial score (nSPS) is 28.0. The fraction of sp³-hybridized carbons (Fsp3) is 1.00. The first-order valence-corrected chi connectivity index (χ1v) is 7.63. The van der Waals surface area contributed by atoms with Gasteiger partial charge in [0.15, 0.2) is 0 Å². The van der Waals surface area contributed by atoms with E-state index in [4.69, 9.17) is 4.74 Å². The van der Waals surface area contributed by atoms with Crippen molar-refractivity contribution in [2.75, 3.05) is 19.7 Å². The maximum absolute atomic E-state index is 10.2. The van der Waals surface area contributed by atoms with E-state index in [1.807, 2.05) is 6.92 Å². The summed E-state index contributed by atoms with van der Waals surface area (Å²) in [6.07, 6.45) is 7.72. The average molecular weight is 257 g/mol. The van der Waals surface area contributed by atoms with Crippen LogP contribution in [-0.4, -0.2) is 36.5 Å². The molecule has 1 aliphatic rings. The maximum atomic E-state index is 10.2. The second kappa shape index (κ2) is 8.13. The maximum Gasteiger partial charge on any atom is 0.0975 e. The highest BCUT2D eigenvalue weighted by molar-refractivity contribution is 4.79. The fourth-order valence-electron chi connectivity index (χ4n) is 2.73. The van der Waals surface area contributed by atoms with Crippen molar-refractivity contribution in [1.29, 1.82) is 0 Å². The van der Waals surface area contributed by atoms with Gasteiger partial charge < -0.3 is 15.2 Å². The first kappa shape index (κ1) is 15.9. The predicted octanol–water partition coefficient (Wildman–Crippen LogP) is 2.72. The van der Waals surface area contributed by atoms with Gasteiger partial charge in [0, 0.05) is 6.54 Å². The Bertz CT molecular complexity index is 219. The largest absolute Gasteiger partial charge is 0.386 e. The summed E-state index contributed by atoms with van der Waals surface area (Å²) in [6, 6.07) is 0. The van der Waals surface area contributed by atoms with Gasteiger partial charge in [0.2, 0.25) is 0 Å². The molecule has 1 fully saturated rings. The van der Waals surface area contributed by atoms with Crippen LogP contribution in [0.2, 0.25) is 0 Å². The van der Waals surface area contributed by atoms with Crippen molar-refractivity contribution >= 4 is 0 Å². The zero-order chi connectivity index (χ0) is 13.4. The third-order valence-corrected chi connectivity index (χ3v) is 3.90. The number of ether oxygens (including phenoxy) is 1. The second-order valence-electron chi connectivity index (χ2n) is 5.98. The van der Waals surface area contributed by atoms with Crippen molar-refractivity contribution in [2.24, 2.45) is 5.92 Å². The van der Waals surface area contributed by atoms with Gasteiger partial charge in [-0.2, -0.15) is 0 Å². The minimum atomic E-state index is -0.745. The lowest BCUT2D eigenvalue weighted by Crippen LogP contribution is -2.44. The van der Waals surface area contributed by atoms with Gasteiger partial charge in [-0.1, -0.05) is 33.1 Å². The van der Waals surface area contributed by atoms with Crippen LogP contribution in [0.15, 0.2) is 0 Å². The molecule has 0 amide bonds. The molecule has 0 saturated heterocycles. The van der Waals surface area contributed by atoms with E-state index in [9.17, 15) is 5.11 Å². The average Bonchev–Trinajstić information content (AvgIpc) is 2.37. The molecule has 0 aromatic heterocycles. The van der Waals surface area contributed by atoms with Crippen LogP contribution in [0.5, 0.6) is 0 Å². The van der Waals surface area contributed by atoms with E-state index in [0.29, 0.717) is 25.2 Å². The third kappa shape index (κ3) is 5.68. The van der Waals surface area contributed by atoms with Gasteiger partial charge in [-0.3, -0.25) is 0 Å². The quantitative estimate of drug-likeness (QED) is 0.657. The summed E-state index contributed by atoms with van der Waals surface area (Å²) in [4.78, 5) is 0. The molecule has 3 nitrogen and oxygen atoms in total. The second-order valence-corrected chi connectivity index (χ2v) is 5.98. The minimum Gasteiger partial charge on any atom is -0.386 e. The van der Waals surface area contributed by atoms with Crippen LogP contribution in [0.25, 0.3) is 0 Å². The molecule has 18 heavy (non-hydrogen) atoms. The van der Waals surface area contributed by atoms with E-state index in [1.165, 1.54) is 25.7 Å². The molecular formula is C15H31NO2. The van der Waals surface area contributed by atoms with E-state index < -0.39 is 5.60 Å². The van der Waals surface area contributed by atoms with Gasteiger partial charge in [-0.15, -0.1) is 0 Å². The Balaban J connectivity index is 2.28. The van der Waals surface area contributed by atoms with E-state index in [2.05, 4.69) is 19.2 Å². The van der Waals surface area contributed by atoms with Gasteiger partial charge in [0.05, 0.1) is 18.3 Å². The highest BCUT2D eigenvalue weighted by Gasteiger charge is 2.28. The number of rotatable bonds is 8. The van der Waals surface area contributed by atoms with E-state index in [0.717, 1.165) is 19.4 Å². The first-order chi connectivity index (χ1) is 8.59. The topological polar surface area (TPSA) is 41.5 Å². The lowest BCUT2D eigenvalue weighted by atomic mass is 9.84. The van der Waals surface area contributed by atoms with Crippen molar-refractivity contribution in [2.45, 2.75) is 71.0 Å². The Labute approximate surface area is 112 Å². The summed E-state index contributed by atoms with van der Waals surface area (Å²) >= 11 is 0. The molecule has 0 heterocycles. The van der Waals surface area contributed by atoms with E-state index >= 15 is 0 Å². The molecule has 108 valence electrons. The van der Waals surface area contributed by atoms with Gasteiger partial charge >= 0.3 is 0 Å². The monoisotopic (exact) mass is 257 g/mol. The van der Waals surface area contributed by atoms with Gasteiger partial charge in [0.1, 0.15) is 0 Å². The van der Waals surface area contributed by atoms with Gasteiger partial charge in [-0.05, 0) is 38.6 Å². The molecule has 0 aliphatic heterocycles. The summed E-state index contributed by atoms with van der Waals surface area (Å²) in [6.45, 7) is 8.26. The predicted molar refractivity (Wildman–Crippen MR) is 75.8 cm³/mol. The molecule has 0 aromatic carbocycles. The molecule has 3 heteroatoms. The Morgan fingerprint density at radius 1 is 1.28 bits per heavy atom. The number of hydrogen-bond donors (Lipinski definition) is 2. The van der Waals surface area contributed by atoms with Crippen molar-refractivity contribution in [3.63, 3.8) is 0 Å². The Morgan fingerprint density at radius 2 is 2.00 bits per heavy atom. The van der Waals surface area contributed by atoms with Crippen molar-refractivity contribution in [3.05, 3.63) is 0 Å². The van der Waals surface area contributed by atoms with Crippen LogP contribution in [0.4, 0.5) is 0 Å². The van der Waals surface area contributed by atoms with Crippen LogP contribution in [0.3, 0.4) is 0 Å². The summed E-state index contributed by atoms with van der Waals surface area (Å²) in [7, 11) is 0. The molecule has 0 bridgehead atoms. The molecule has 3 atom stereocenters. The highest BCUT2D eigenvalue weighted by atomic mass is 16.5. The number of hydrogen-bond acceptors (Lipinski definition) is 3.